The molecule has 1 fully saturated rings. The van der Waals surface area contributed by atoms with Gasteiger partial charge >= 0.3 is 0 Å². The van der Waals surface area contributed by atoms with E-state index in [1.165, 1.54) is 0 Å². The highest BCUT2D eigenvalue weighted by Gasteiger charge is 2.30. The minimum Gasteiger partial charge on any atom is -0.493 e. The number of hydrogen-bond acceptors (Lipinski definition) is 6. The van der Waals surface area contributed by atoms with Crippen molar-refractivity contribution in [3.05, 3.63) is 35.0 Å². The van der Waals surface area contributed by atoms with Crippen LogP contribution in [0.4, 0.5) is 0 Å². The van der Waals surface area contributed by atoms with Gasteiger partial charge in [0.1, 0.15) is 5.75 Å². The first-order valence-corrected chi connectivity index (χ1v) is 9.89. The van der Waals surface area contributed by atoms with E-state index in [1.807, 2.05) is 12.4 Å². The van der Waals surface area contributed by atoms with Crippen LogP contribution in [0.25, 0.3) is 10.4 Å². The van der Waals surface area contributed by atoms with E-state index in [-0.39, 0.29) is 18.0 Å². The number of aliphatic hydroxyl groups is 1. The molecule has 3 heterocycles. The van der Waals surface area contributed by atoms with Gasteiger partial charge in [0.15, 0.2) is 0 Å². The third-order valence-corrected chi connectivity index (χ3v) is 6.01. The highest BCUT2D eigenvalue weighted by atomic mass is 32.1. The number of ether oxygens (including phenoxy) is 1. The molecule has 0 bridgehead atoms. The van der Waals surface area contributed by atoms with Crippen molar-refractivity contribution in [3.8, 4) is 16.2 Å². The van der Waals surface area contributed by atoms with Gasteiger partial charge in [0.2, 0.25) is 5.91 Å². The molecule has 0 saturated carbocycles. The van der Waals surface area contributed by atoms with Crippen LogP contribution in [0.1, 0.15) is 36.6 Å². The summed E-state index contributed by atoms with van der Waals surface area (Å²) in [6.45, 7) is 3.12. The molecule has 0 radical (unpaired) electrons. The molecule has 1 aromatic heterocycles. The summed E-state index contributed by atoms with van der Waals surface area (Å²) >= 11 is 1.62. The molecular formula is C19H23N3O3S. The first-order chi connectivity index (χ1) is 12.6. The Bertz CT molecular complexity index is 807. The maximum absolute atomic E-state index is 12.5. The SMILES string of the molecule is Cc1ncsc1-c1ccc2c(c1)OCCC[C@@H]2NC(=O)[C@@H]1C[C@@H](O)CN1. The first-order valence-electron chi connectivity index (χ1n) is 9.01. The summed E-state index contributed by atoms with van der Waals surface area (Å²) in [7, 11) is 0. The van der Waals surface area contributed by atoms with Crippen molar-refractivity contribution in [1.82, 2.24) is 15.6 Å². The lowest BCUT2D eigenvalue weighted by Gasteiger charge is -2.21. The molecule has 138 valence electrons. The molecule has 7 heteroatoms. The molecule has 4 rings (SSSR count). The second kappa shape index (κ2) is 7.34. The summed E-state index contributed by atoms with van der Waals surface area (Å²) in [6.07, 6.45) is 1.74. The third kappa shape index (κ3) is 3.47. The number of amides is 1. The van der Waals surface area contributed by atoms with Crippen LogP contribution in [0.5, 0.6) is 5.75 Å². The summed E-state index contributed by atoms with van der Waals surface area (Å²) in [5.74, 6) is 0.777. The fourth-order valence-electron chi connectivity index (χ4n) is 3.63. The summed E-state index contributed by atoms with van der Waals surface area (Å²) in [5.41, 5.74) is 4.97. The van der Waals surface area contributed by atoms with E-state index in [0.29, 0.717) is 19.6 Å². The zero-order valence-corrected chi connectivity index (χ0v) is 15.5. The second-order valence-corrected chi connectivity index (χ2v) is 7.78. The van der Waals surface area contributed by atoms with Gasteiger partial charge in [-0.25, -0.2) is 4.98 Å². The molecule has 3 atom stereocenters. The molecule has 1 saturated heterocycles. The highest BCUT2D eigenvalue weighted by Crippen LogP contribution is 2.37. The monoisotopic (exact) mass is 373 g/mol. The molecule has 6 nitrogen and oxygen atoms in total. The van der Waals surface area contributed by atoms with Gasteiger partial charge in [0, 0.05) is 12.1 Å². The number of benzene rings is 1. The zero-order valence-electron chi connectivity index (χ0n) is 14.7. The fraction of sp³-hybridized carbons (Fsp3) is 0.474. The minimum atomic E-state index is -0.444. The third-order valence-electron chi connectivity index (χ3n) is 5.03. The van der Waals surface area contributed by atoms with E-state index < -0.39 is 6.10 Å². The number of hydrogen-bond donors (Lipinski definition) is 3. The molecule has 2 aromatic rings. The van der Waals surface area contributed by atoms with E-state index in [0.717, 1.165) is 40.3 Å². The Hall–Kier alpha value is -1.96. The molecule has 1 amide bonds. The van der Waals surface area contributed by atoms with Crippen LogP contribution in [0, 0.1) is 6.92 Å². The Morgan fingerprint density at radius 3 is 3.08 bits per heavy atom. The van der Waals surface area contributed by atoms with Crippen LogP contribution in [0.2, 0.25) is 0 Å². The first kappa shape index (κ1) is 17.5. The topological polar surface area (TPSA) is 83.5 Å². The van der Waals surface area contributed by atoms with Gasteiger partial charge < -0.3 is 20.5 Å². The summed E-state index contributed by atoms with van der Waals surface area (Å²) < 4.78 is 5.96. The largest absolute Gasteiger partial charge is 0.493 e. The average Bonchev–Trinajstić information content (AvgIpc) is 3.20. The van der Waals surface area contributed by atoms with Crippen LogP contribution < -0.4 is 15.4 Å². The van der Waals surface area contributed by atoms with Crippen LogP contribution in [-0.4, -0.2) is 41.3 Å². The van der Waals surface area contributed by atoms with E-state index in [2.05, 4.69) is 33.8 Å². The van der Waals surface area contributed by atoms with Crippen LogP contribution >= 0.6 is 11.3 Å². The van der Waals surface area contributed by atoms with Crippen molar-refractivity contribution in [2.75, 3.05) is 13.2 Å². The normalized spacial score (nSPS) is 25.2. The van der Waals surface area contributed by atoms with Crippen molar-refractivity contribution in [1.29, 1.82) is 0 Å². The number of aromatic nitrogens is 1. The highest BCUT2D eigenvalue weighted by molar-refractivity contribution is 7.13. The lowest BCUT2D eigenvalue weighted by atomic mass is 9.99. The number of thiazole rings is 1. The van der Waals surface area contributed by atoms with Gasteiger partial charge in [-0.05, 0) is 37.8 Å². The number of carbonyl (C=O) groups is 1. The Labute approximate surface area is 156 Å². The Morgan fingerprint density at radius 2 is 2.35 bits per heavy atom. The Morgan fingerprint density at radius 1 is 1.46 bits per heavy atom. The summed E-state index contributed by atoms with van der Waals surface area (Å²) in [4.78, 5) is 18.0. The van der Waals surface area contributed by atoms with E-state index in [4.69, 9.17) is 4.74 Å². The Balaban J connectivity index is 1.57. The lowest BCUT2D eigenvalue weighted by molar-refractivity contribution is -0.123. The lowest BCUT2D eigenvalue weighted by Crippen LogP contribution is -2.42. The summed E-state index contributed by atoms with van der Waals surface area (Å²) in [5, 5.41) is 15.8. The molecule has 0 unspecified atom stereocenters. The van der Waals surface area contributed by atoms with Gasteiger partial charge in [0.05, 0.1) is 40.9 Å². The predicted molar refractivity (Wildman–Crippen MR) is 100 cm³/mol. The van der Waals surface area contributed by atoms with Crippen LogP contribution in [0.3, 0.4) is 0 Å². The second-order valence-electron chi connectivity index (χ2n) is 6.92. The number of β-amino-alcohol motifs (C(OH)–C–C–N with tert-alkyl or cyclic N) is 1. The maximum atomic E-state index is 12.5. The number of aryl methyl sites for hydroxylation is 1. The van der Waals surface area contributed by atoms with E-state index >= 15 is 0 Å². The van der Waals surface area contributed by atoms with Crippen LogP contribution in [-0.2, 0) is 4.79 Å². The molecule has 2 aliphatic heterocycles. The molecule has 0 spiro atoms. The van der Waals surface area contributed by atoms with E-state index in [1.54, 1.807) is 11.3 Å². The smallest absolute Gasteiger partial charge is 0.237 e. The number of rotatable bonds is 3. The van der Waals surface area contributed by atoms with E-state index in [9.17, 15) is 9.90 Å². The Kier molecular flexibility index (Phi) is 4.93. The average molecular weight is 373 g/mol. The molecule has 3 N–H and O–H groups in total. The number of nitrogens with zero attached hydrogens (tertiary/aromatic N) is 1. The zero-order chi connectivity index (χ0) is 18.1. The van der Waals surface area contributed by atoms with Crippen molar-refractivity contribution in [2.24, 2.45) is 0 Å². The van der Waals surface area contributed by atoms with Crippen molar-refractivity contribution in [2.45, 2.75) is 44.4 Å². The minimum absolute atomic E-state index is 0.0539. The molecule has 26 heavy (non-hydrogen) atoms. The number of nitrogens with one attached hydrogen (secondary N) is 2. The number of carbonyl (C=O) groups excluding carboxylic acids is 1. The summed E-state index contributed by atoms with van der Waals surface area (Å²) in [6, 6.07) is 5.78. The number of aliphatic hydroxyl groups excluding tert-OH is 1. The predicted octanol–water partition coefficient (Wildman–Crippen LogP) is 2.17. The van der Waals surface area contributed by atoms with Crippen molar-refractivity contribution >= 4 is 17.2 Å². The van der Waals surface area contributed by atoms with Crippen molar-refractivity contribution in [3.63, 3.8) is 0 Å². The van der Waals surface area contributed by atoms with Gasteiger partial charge in [-0.2, -0.15) is 0 Å². The maximum Gasteiger partial charge on any atom is 0.237 e. The number of fused-ring (bicyclic) bond motifs is 1. The standard InChI is InChI=1S/C19H23N3O3S/c1-11-18(26-10-21-11)12-4-5-14-15(3-2-6-25-17(14)7-12)22-19(24)16-8-13(23)9-20-16/h4-5,7,10,13,15-16,20,23H,2-3,6,8-9H2,1H3,(H,22,24)/t13-,15+,16+/m1/s1. The quantitative estimate of drug-likeness (QED) is 0.768. The van der Waals surface area contributed by atoms with Crippen molar-refractivity contribution < 1.29 is 14.6 Å². The molecule has 0 aliphatic carbocycles. The van der Waals surface area contributed by atoms with Gasteiger partial charge in [-0.3, -0.25) is 4.79 Å². The van der Waals surface area contributed by atoms with Gasteiger partial charge in [-0.15, -0.1) is 11.3 Å². The molecular weight excluding hydrogens is 350 g/mol. The molecule has 1 aromatic carbocycles. The fourth-order valence-corrected chi connectivity index (χ4v) is 4.43. The molecule has 2 aliphatic rings. The van der Waals surface area contributed by atoms with Gasteiger partial charge in [0.25, 0.3) is 0 Å². The van der Waals surface area contributed by atoms with Crippen LogP contribution in [0.15, 0.2) is 23.7 Å². The van der Waals surface area contributed by atoms with Gasteiger partial charge in [-0.1, -0.05) is 12.1 Å².